The normalized spacial score (nSPS) is 28.4. The van der Waals surface area contributed by atoms with Gasteiger partial charge in [0.05, 0.1) is 36.7 Å². The minimum Gasteiger partial charge on any atom is -0.463 e. The Kier molecular flexibility index (Phi) is 16.2. The number of benzene rings is 1. The summed E-state index contributed by atoms with van der Waals surface area (Å²) in [6, 6.07) is 6.79. The van der Waals surface area contributed by atoms with Crippen LogP contribution in [0, 0.1) is 58.7 Å². The molecule has 0 unspecified atom stereocenters. The van der Waals surface area contributed by atoms with Gasteiger partial charge < -0.3 is 18.9 Å². The second-order valence-corrected chi connectivity index (χ2v) is 16.4. The third-order valence-corrected chi connectivity index (χ3v) is 13.2. The molecule has 9 heteroatoms. The molecule has 4 aliphatic rings. The van der Waals surface area contributed by atoms with Crippen LogP contribution >= 0.6 is 0 Å². The zero-order chi connectivity index (χ0) is 38.3. The van der Waals surface area contributed by atoms with Crippen molar-refractivity contribution in [3.8, 4) is 17.6 Å². The summed E-state index contributed by atoms with van der Waals surface area (Å²) in [5, 5.41) is 9.56. The fourth-order valence-corrected chi connectivity index (χ4v) is 9.88. The highest BCUT2D eigenvalue weighted by molar-refractivity contribution is 5.81. The van der Waals surface area contributed by atoms with Crippen LogP contribution in [0.25, 0.3) is 0 Å². The monoisotopic (exact) mass is 743 g/mol. The molecule has 0 saturated heterocycles. The van der Waals surface area contributed by atoms with Crippen LogP contribution < -0.4 is 9.47 Å². The lowest BCUT2D eigenvalue weighted by molar-refractivity contribution is -0.143. The number of rotatable bonds is 16. The molecule has 0 N–H and O–H groups in total. The molecular weight excluding hydrogens is 682 g/mol. The Morgan fingerprint density at radius 1 is 0.593 bits per heavy atom. The summed E-state index contributed by atoms with van der Waals surface area (Å²) >= 11 is 0. The summed E-state index contributed by atoms with van der Waals surface area (Å²) in [5.41, 5.74) is 0.348. The van der Waals surface area contributed by atoms with Crippen LogP contribution in [0.15, 0.2) is 43.5 Å². The van der Waals surface area contributed by atoms with Crippen molar-refractivity contribution in [1.82, 2.24) is 0 Å². The summed E-state index contributed by atoms with van der Waals surface area (Å²) in [5.74, 6) is 2.67. The SMILES string of the molecule is C=CC(=O)OCCC[C@H]1CC[C@H]([C@H]2CC[C@H](C(=O)Oc3ccc(C#N)cc3OC(=O)[C@H]3CC[C@H]([C@H]4CC[C@H](CCCOC(=O)C=C)CC4)CC3)CC2)CC1. The Morgan fingerprint density at radius 2 is 0.981 bits per heavy atom. The van der Waals surface area contributed by atoms with Gasteiger partial charge in [-0.15, -0.1) is 0 Å². The number of hydrogen-bond acceptors (Lipinski definition) is 9. The van der Waals surface area contributed by atoms with Crippen LogP contribution in [0.5, 0.6) is 11.5 Å². The number of nitrogens with zero attached hydrogens (tertiary/aromatic N) is 1. The van der Waals surface area contributed by atoms with Crippen LogP contribution in [0.2, 0.25) is 0 Å². The summed E-state index contributed by atoms with van der Waals surface area (Å²) in [6.45, 7) is 7.79. The van der Waals surface area contributed by atoms with Crippen molar-refractivity contribution in [3.05, 3.63) is 49.1 Å². The van der Waals surface area contributed by atoms with E-state index in [0.29, 0.717) is 54.3 Å². The van der Waals surface area contributed by atoms with Crippen molar-refractivity contribution in [1.29, 1.82) is 5.26 Å². The zero-order valence-electron chi connectivity index (χ0n) is 32.2. The Morgan fingerprint density at radius 3 is 1.37 bits per heavy atom. The molecule has 9 nitrogen and oxygen atoms in total. The lowest BCUT2D eigenvalue weighted by Gasteiger charge is -2.37. The average molecular weight is 744 g/mol. The van der Waals surface area contributed by atoms with Gasteiger partial charge in [0.15, 0.2) is 11.5 Å². The third kappa shape index (κ3) is 12.3. The van der Waals surface area contributed by atoms with Crippen molar-refractivity contribution in [2.45, 2.75) is 128 Å². The molecular formula is C45H61NO8. The van der Waals surface area contributed by atoms with E-state index in [0.717, 1.165) is 77.0 Å². The number of ether oxygens (including phenoxy) is 4. The predicted molar refractivity (Wildman–Crippen MR) is 205 cm³/mol. The Hall–Kier alpha value is -3.93. The molecule has 54 heavy (non-hydrogen) atoms. The molecule has 4 fully saturated rings. The van der Waals surface area contributed by atoms with Crippen LogP contribution in [0.1, 0.15) is 134 Å². The van der Waals surface area contributed by atoms with Crippen LogP contribution in [-0.2, 0) is 28.7 Å². The maximum atomic E-state index is 13.4. The lowest BCUT2D eigenvalue weighted by Crippen LogP contribution is -2.31. The van der Waals surface area contributed by atoms with E-state index in [4.69, 9.17) is 18.9 Å². The Labute approximate surface area is 322 Å². The van der Waals surface area contributed by atoms with Crippen molar-refractivity contribution in [2.75, 3.05) is 13.2 Å². The number of esters is 4. The van der Waals surface area contributed by atoms with Gasteiger partial charge in [0.1, 0.15) is 0 Å². The summed E-state index contributed by atoms with van der Waals surface area (Å²) < 4.78 is 22.0. The topological polar surface area (TPSA) is 129 Å². The molecule has 0 bridgehead atoms. The van der Waals surface area contributed by atoms with E-state index in [1.54, 1.807) is 12.1 Å². The molecule has 0 aliphatic heterocycles. The molecule has 0 spiro atoms. The van der Waals surface area contributed by atoms with Crippen LogP contribution in [0.3, 0.4) is 0 Å². The van der Waals surface area contributed by atoms with Gasteiger partial charge in [0.2, 0.25) is 0 Å². The third-order valence-electron chi connectivity index (χ3n) is 13.2. The number of hydrogen-bond donors (Lipinski definition) is 0. The number of carbonyl (C=O) groups is 4. The van der Waals surface area contributed by atoms with E-state index in [2.05, 4.69) is 19.2 Å². The number of carbonyl (C=O) groups excluding carboxylic acids is 4. The first-order valence-corrected chi connectivity index (χ1v) is 20.8. The fraction of sp³-hybridized carbons (Fsp3) is 0.667. The van der Waals surface area contributed by atoms with E-state index < -0.39 is 0 Å². The second kappa shape index (κ2) is 21.2. The molecule has 294 valence electrons. The molecule has 0 amide bonds. The number of nitriles is 1. The highest BCUT2D eigenvalue weighted by Gasteiger charge is 2.36. The Balaban J connectivity index is 1.02. The maximum absolute atomic E-state index is 13.4. The van der Waals surface area contributed by atoms with Crippen LogP contribution in [0.4, 0.5) is 0 Å². The van der Waals surface area contributed by atoms with Crippen LogP contribution in [-0.4, -0.2) is 37.1 Å². The van der Waals surface area contributed by atoms with Gasteiger partial charge in [-0.2, -0.15) is 5.26 Å². The van der Waals surface area contributed by atoms with Gasteiger partial charge >= 0.3 is 23.9 Å². The van der Waals surface area contributed by atoms with E-state index in [-0.39, 0.29) is 47.2 Å². The van der Waals surface area contributed by atoms with Gasteiger partial charge in [-0.1, -0.05) is 38.8 Å². The smallest absolute Gasteiger partial charge is 0.330 e. The van der Waals surface area contributed by atoms with Gasteiger partial charge in [-0.25, -0.2) is 9.59 Å². The zero-order valence-corrected chi connectivity index (χ0v) is 32.2. The van der Waals surface area contributed by atoms with Gasteiger partial charge in [0.25, 0.3) is 0 Å². The standard InChI is InChI=1S/C45H61NO8/c1-3-42(47)51-27-5-7-31-9-14-34(15-10-31)36-18-22-38(23-19-36)44(49)53-40-26-13-33(30-46)29-41(40)54-45(50)39-24-20-37(21-25-39)35-16-11-32(12-17-35)8-6-28-52-43(48)4-2/h3-4,13,26,29,31-32,34-39H,1-2,5-12,14-25,27-28H2/t31-,32-,34-,35-,36-,37-,38-,39-. The van der Waals surface area contributed by atoms with Gasteiger partial charge in [0, 0.05) is 18.2 Å². The molecule has 5 rings (SSSR count). The second-order valence-electron chi connectivity index (χ2n) is 16.4. The molecule has 1 aromatic rings. The minimum absolute atomic E-state index is 0.149. The van der Waals surface area contributed by atoms with E-state index in [9.17, 15) is 24.4 Å². The van der Waals surface area contributed by atoms with Crippen molar-refractivity contribution >= 4 is 23.9 Å². The summed E-state index contributed by atoms with van der Waals surface area (Å²) in [6.07, 6.45) is 23.3. The average Bonchev–Trinajstić information content (AvgIpc) is 3.22. The quantitative estimate of drug-likeness (QED) is 0.0703. The highest BCUT2D eigenvalue weighted by atomic mass is 16.6. The summed E-state index contributed by atoms with van der Waals surface area (Å²) in [4.78, 5) is 49.3. The van der Waals surface area contributed by atoms with Crippen molar-refractivity contribution < 1.29 is 38.1 Å². The van der Waals surface area contributed by atoms with Crippen molar-refractivity contribution in [3.63, 3.8) is 0 Å². The predicted octanol–water partition coefficient (Wildman–Crippen LogP) is 9.61. The van der Waals surface area contributed by atoms with E-state index in [1.807, 2.05) is 0 Å². The highest BCUT2D eigenvalue weighted by Crippen LogP contribution is 2.44. The first kappa shape index (κ1) is 41.2. The largest absolute Gasteiger partial charge is 0.463 e. The molecule has 0 atom stereocenters. The first-order valence-electron chi connectivity index (χ1n) is 20.8. The Bertz CT molecular complexity index is 1460. The maximum Gasteiger partial charge on any atom is 0.330 e. The van der Waals surface area contributed by atoms with E-state index in [1.165, 1.54) is 69.6 Å². The van der Waals surface area contributed by atoms with Crippen molar-refractivity contribution in [2.24, 2.45) is 47.3 Å². The minimum atomic E-state index is -0.355. The summed E-state index contributed by atoms with van der Waals surface area (Å²) in [7, 11) is 0. The van der Waals surface area contributed by atoms with Gasteiger partial charge in [-0.05, 0) is 150 Å². The molecule has 0 heterocycles. The first-order chi connectivity index (χ1) is 26.3. The molecule has 1 aromatic carbocycles. The molecule has 0 radical (unpaired) electrons. The molecule has 4 saturated carbocycles. The van der Waals surface area contributed by atoms with E-state index >= 15 is 0 Å². The fourth-order valence-electron chi connectivity index (χ4n) is 9.88. The lowest BCUT2D eigenvalue weighted by atomic mass is 9.68. The molecule has 4 aliphatic carbocycles. The molecule has 0 aromatic heterocycles. The van der Waals surface area contributed by atoms with Gasteiger partial charge in [-0.3, -0.25) is 9.59 Å².